The van der Waals surface area contributed by atoms with Crippen molar-refractivity contribution >= 4 is 34.7 Å². The molecule has 0 aliphatic rings. The number of hydrogen-bond donors (Lipinski definition) is 2. The number of carbonyl (C=O) groups excluding carboxylic acids is 3. The molecule has 2 N–H and O–H groups in total. The third kappa shape index (κ3) is 8.03. The predicted octanol–water partition coefficient (Wildman–Crippen LogP) is 3.32. The molecule has 0 aliphatic heterocycles. The summed E-state index contributed by atoms with van der Waals surface area (Å²) in [6, 6.07) is 7.89. The molecule has 2 aromatic heterocycles. The minimum atomic E-state index is -0.999. The van der Waals surface area contributed by atoms with Crippen molar-refractivity contribution in [3.05, 3.63) is 70.5 Å². The number of alkyl carbamates (subject to hydrolysis) is 1. The van der Waals surface area contributed by atoms with Gasteiger partial charge in [0.25, 0.3) is 5.56 Å². The van der Waals surface area contributed by atoms with E-state index in [0.29, 0.717) is 23.8 Å². The first-order valence-electron chi connectivity index (χ1n) is 12.7. The molecule has 39 heavy (non-hydrogen) atoms. The maximum Gasteiger partial charge on any atom is 0.407 e. The fourth-order valence-corrected chi connectivity index (χ4v) is 3.91. The zero-order valence-corrected chi connectivity index (χ0v) is 22.9. The molecule has 208 valence electrons. The summed E-state index contributed by atoms with van der Waals surface area (Å²) in [6.45, 7) is 4.34. The van der Waals surface area contributed by atoms with Crippen LogP contribution in [0.2, 0.25) is 0 Å². The second-order valence-electron chi connectivity index (χ2n) is 9.71. The van der Waals surface area contributed by atoms with Gasteiger partial charge in [0, 0.05) is 20.3 Å². The molecule has 1 atom stereocenters. The van der Waals surface area contributed by atoms with Gasteiger partial charge in [0.05, 0.1) is 7.11 Å². The van der Waals surface area contributed by atoms with Crippen molar-refractivity contribution in [2.45, 2.75) is 45.7 Å². The van der Waals surface area contributed by atoms with Crippen LogP contribution in [-0.2, 0) is 27.3 Å². The Labute approximate surface area is 226 Å². The molecule has 0 spiro atoms. The van der Waals surface area contributed by atoms with Crippen molar-refractivity contribution < 1.29 is 23.5 Å². The average Bonchev–Trinajstić information content (AvgIpc) is 3.31. The van der Waals surface area contributed by atoms with E-state index in [-0.39, 0.29) is 24.6 Å². The molecule has 0 unspecified atom stereocenters. The second kappa shape index (κ2) is 13.4. The molecule has 11 nitrogen and oxygen atoms in total. The molecule has 0 fully saturated rings. The zero-order valence-electron chi connectivity index (χ0n) is 22.9. The monoisotopic (exact) mass is 537 g/mol. The first-order chi connectivity index (χ1) is 18.6. The van der Waals surface area contributed by atoms with E-state index in [2.05, 4.69) is 34.2 Å². The molecule has 3 rings (SSSR count). The third-order valence-electron chi connectivity index (χ3n) is 5.88. The van der Waals surface area contributed by atoms with Gasteiger partial charge in [0.2, 0.25) is 17.7 Å². The van der Waals surface area contributed by atoms with E-state index < -0.39 is 23.6 Å². The fraction of sp³-hybridized carbons (Fsp3) is 0.393. The van der Waals surface area contributed by atoms with Crippen LogP contribution in [0.3, 0.4) is 0 Å². The number of carbonyl (C=O) groups is 3. The SMILES string of the molecule is COC(=O)N[C@@H](CC/C=C/C(=O)N(C)C)C(=O)Nc1cccn(Cc2nc3c(CC(C)C)cccc3o2)c1=O. The highest BCUT2D eigenvalue weighted by atomic mass is 16.5. The highest BCUT2D eigenvalue weighted by molar-refractivity contribution is 5.96. The number of hydrogen-bond acceptors (Lipinski definition) is 7. The topological polar surface area (TPSA) is 136 Å². The van der Waals surface area contributed by atoms with Gasteiger partial charge in [-0.15, -0.1) is 0 Å². The summed E-state index contributed by atoms with van der Waals surface area (Å²) < 4.78 is 11.9. The van der Waals surface area contributed by atoms with Gasteiger partial charge < -0.3 is 29.3 Å². The van der Waals surface area contributed by atoms with Crippen molar-refractivity contribution in [2.75, 3.05) is 26.5 Å². The number of amides is 3. The number of fused-ring (bicyclic) bond motifs is 1. The number of allylic oxidation sites excluding steroid dienone is 1. The lowest BCUT2D eigenvalue weighted by atomic mass is 10.0. The minimum Gasteiger partial charge on any atom is -0.453 e. The summed E-state index contributed by atoms with van der Waals surface area (Å²) in [7, 11) is 4.44. The Morgan fingerprint density at radius 3 is 2.64 bits per heavy atom. The first-order valence-corrected chi connectivity index (χ1v) is 12.7. The van der Waals surface area contributed by atoms with Crippen molar-refractivity contribution in [1.82, 2.24) is 19.8 Å². The zero-order chi connectivity index (χ0) is 28.5. The lowest BCUT2D eigenvalue weighted by molar-refractivity contribution is -0.123. The molecule has 1 aromatic carbocycles. The van der Waals surface area contributed by atoms with Gasteiger partial charge in [-0.2, -0.15) is 0 Å². The average molecular weight is 538 g/mol. The van der Waals surface area contributed by atoms with E-state index in [1.807, 2.05) is 18.2 Å². The molecule has 2 heterocycles. The number of likely N-dealkylation sites (N-methyl/N-ethyl adjacent to an activating group) is 1. The van der Waals surface area contributed by atoms with E-state index in [1.165, 1.54) is 28.7 Å². The smallest absolute Gasteiger partial charge is 0.407 e. The first kappa shape index (κ1) is 29.2. The summed E-state index contributed by atoms with van der Waals surface area (Å²) in [6.07, 6.45) is 5.16. The van der Waals surface area contributed by atoms with E-state index in [0.717, 1.165) is 17.5 Å². The van der Waals surface area contributed by atoms with Gasteiger partial charge in [-0.25, -0.2) is 9.78 Å². The van der Waals surface area contributed by atoms with Gasteiger partial charge >= 0.3 is 6.09 Å². The van der Waals surface area contributed by atoms with Gasteiger partial charge in [-0.05, 0) is 55.0 Å². The van der Waals surface area contributed by atoms with E-state index in [4.69, 9.17) is 4.42 Å². The second-order valence-corrected chi connectivity index (χ2v) is 9.71. The maximum atomic E-state index is 13.1. The molecule has 3 aromatic rings. The van der Waals surface area contributed by atoms with Crippen LogP contribution >= 0.6 is 0 Å². The number of pyridine rings is 1. The normalized spacial score (nSPS) is 12.1. The number of oxazole rings is 1. The van der Waals surface area contributed by atoms with Crippen molar-refractivity contribution in [3.8, 4) is 0 Å². The quantitative estimate of drug-likeness (QED) is 0.358. The largest absolute Gasteiger partial charge is 0.453 e. The number of ether oxygens (including phenoxy) is 1. The van der Waals surface area contributed by atoms with Crippen LogP contribution in [0, 0.1) is 5.92 Å². The number of nitrogens with zero attached hydrogens (tertiary/aromatic N) is 3. The van der Waals surface area contributed by atoms with Crippen molar-refractivity contribution in [2.24, 2.45) is 5.92 Å². The van der Waals surface area contributed by atoms with Gasteiger partial charge in [0.1, 0.15) is 23.8 Å². The van der Waals surface area contributed by atoms with Crippen LogP contribution < -0.4 is 16.2 Å². The van der Waals surface area contributed by atoms with Gasteiger partial charge in [-0.1, -0.05) is 32.1 Å². The molecule has 11 heteroatoms. The van der Waals surface area contributed by atoms with Gasteiger partial charge in [-0.3, -0.25) is 14.4 Å². The van der Waals surface area contributed by atoms with E-state index in [9.17, 15) is 19.2 Å². The summed E-state index contributed by atoms with van der Waals surface area (Å²) in [4.78, 5) is 55.7. The van der Waals surface area contributed by atoms with Crippen LogP contribution in [0.1, 0.15) is 38.1 Å². The molecule has 0 saturated heterocycles. The number of anilines is 1. The number of methoxy groups -OCH3 is 1. The lowest BCUT2D eigenvalue weighted by Gasteiger charge is -2.17. The highest BCUT2D eigenvalue weighted by Crippen LogP contribution is 2.22. The standard InChI is InChI=1S/C28H35N5O6/c1-18(2)16-19-10-8-13-22-25(19)31-23(39-22)17-33-15-9-12-21(27(33)36)29-26(35)20(30-28(37)38-5)11-6-7-14-24(34)32(3)4/h7-10,12-15,18,20H,6,11,16-17H2,1-5H3,(H,29,35)(H,30,37)/b14-7+/t20-/m0/s1. The fourth-order valence-electron chi connectivity index (χ4n) is 3.91. The van der Waals surface area contributed by atoms with E-state index in [1.54, 1.807) is 32.4 Å². The molecular formula is C28H35N5O6. The molecule has 0 saturated carbocycles. The molecular weight excluding hydrogens is 502 g/mol. The lowest BCUT2D eigenvalue weighted by Crippen LogP contribution is -2.44. The Bertz CT molecular complexity index is 1400. The number of para-hydroxylation sites is 1. The summed E-state index contributed by atoms with van der Waals surface area (Å²) in [5, 5.41) is 5.07. The van der Waals surface area contributed by atoms with Crippen LogP contribution in [0.25, 0.3) is 11.1 Å². The maximum absolute atomic E-state index is 13.1. The Hall–Kier alpha value is -4.41. The predicted molar refractivity (Wildman–Crippen MR) is 147 cm³/mol. The van der Waals surface area contributed by atoms with E-state index >= 15 is 0 Å². The minimum absolute atomic E-state index is 0.0362. The summed E-state index contributed by atoms with van der Waals surface area (Å²) in [5.74, 6) is 0.0309. The molecule has 3 amide bonds. The van der Waals surface area contributed by atoms with Gasteiger partial charge in [0.15, 0.2) is 5.58 Å². The number of aromatic nitrogens is 2. The number of rotatable bonds is 11. The number of benzene rings is 1. The van der Waals surface area contributed by atoms with Crippen LogP contribution in [-0.4, -0.2) is 59.6 Å². The Kier molecular flexibility index (Phi) is 10.0. The Balaban J connectivity index is 1.75. The molecule has 0 aliphatic carbocycles. The highest BCUT2D eigenvalue weighted by Gasteiger charge is 2.22. The Morgan fingerprint density at radius 1 is 1.18 bits per heavy atom. The van der Waals surface area contributed by atoms with Crippen LogP contribution in [0.5, 0.6) is 0 Å². The van der Waals surface area contributed by atoms with Crippen molar-refractivity contribution in [1.29, 1.82) is 0 Å². The van der Waals surface area contributed by atoms with Crippen LogP contribution in [0.15, 0.2) is 57.9 Å². The molecule has 0 bridgehead atoms. The van der Waals surface area contributed by atoms with Crippen LogP contribution in [0.4, 0.5) is 10.5 Å². The summed E-state index contributed by atoms with van der Waals surface area (Å²) in [5.41, 5.74) is 2.09. The Morgan fingerprint density at radius 2 is 1.95 bits per heavy atom. The number of nitrogens with one attached hydrogen (secondary N) is 2. The third-order valence-corrected chi connectivity index (χ3v) is 5.88. The van der Waals surface area contributed by atoms with Crippen molar-refractivity contribution in [3.63, 3.8) is 0 Å². The summed E-state index contributed by atoms with van der Waals surface area (Å²) >= 11 is 0. The molecule has 0 radical (unpaired) electrons.